The molecule has 11 heavy (non-hydrogen) atoms. The van der Waals surface area contributed by atoms with Crippen LogP contribution >= 0.6 is 24.2 Å². The molecule has 0 N–H and O–H groups in total. The smallest absolute Gasteiger partial charge is 0.111 e. The summed E-state index contributed by atoms with van der Waals surface area (Å²) in [7, 11) is 5.57. The predicted octanol–water partition coefficient (Wildman–Crippen LogP) is 1.59. The molecule has 0 aromatic rings. The second-order valence-corrected chi connectivity index (χ2v) is 4.50. The Labute approximate surface area is 79.6 Å². The summed E-state index contributed by atoms with van der Waals surface area (Å²) in [6.45, 7) is 2.04. The van der Waals surface area contributed by atoms with Gasteiger partial charge in [-0.15, -0.1) is 11.6 Å². The molecule has 62 valence electrons. The van der Waals surface area contributed by atoms with Gasteiger partial charge in [-0.1, -0.05) is 6.92 Å². The Morgan fingerprint density at radius 3 is 2.82 bits per heavy atom. The molecule has 0 aliphatic carbocycles. The lowest BCUT2D eigenvalue weighted by atomic mass is 9.96. The number of hydrogen-bond acceptors (Lipinski definition) is 2. The van der Waals surface area contributed by atoms with Gasteiger partial charge in [-0.25, -0.2) is 0 Å². The van der Waals surface area contributed by atoms with E-state index < -0.39 is 0 Å². The van der Waals surface area contributed by atoms with Crippen molar-refractivity contribution in [3.8, 4) is 0 Å². The maximum atomic E-state index is 5.87. The van der Waals surface area contributed by atoms with Gasteiger partial charge >= 0.3 is 0 Å². The van der Waals surface area contributed by atoms with Gasteiger partial charge in [0.05, 0.1) is 11.5 Å². The number of hydrogen-bond donors (Lipinski definition) is 1. The van der Waals surface area contributed by atoms with E-state index in [-0.39, 0.29) is 17.5 Å². The van der Waals surface area contributed by atoms with Crippen LogP contribution in [0.1, 0.15) is 19.8 Å². The van der Waals surface area contributed by atoms with E-state index in [0.29, 0.717) is 5.25 Å². The average molecular weight is 191 g/mol. The maximum absolute atomic E-state index is 5.87. The zero-order chi connectivity index (χ0) is 8.43. The van der Waals surface area contributed by atoms with E-state index in [1.165, 1.54) is 0 Å². The second kappa shape index (κ2) is 4.06. The van der Waals surface area contributed by atoms with Crippen LogP contribution in [-0.4, -0.2) is 30.6 Å². The van der Waals surface area contributed by atoms with E-state index in [0.717, 1.165) is 12.8 Å². The highest BCUT2D eigenvalue weighted by Crippen LogP contribution is 2.26. The molecule has 4 unspecified atom stereocenters. The van der Waals surface area contributed by atoms with Gasteiger partial charge in [0.25, 0.3) is 0 Å². The molecule has 1 aliphatic heterocycles. The summed E-state index contributed by atoms with van der Waals surface area (Å²) >= 11 is 10.1. The summed E-state index contributed by atoms with van der Waals surface area (Å²) in [6.07, 6.45) is 1.99. The minimum atomic E-state index is -0.284. The molecule has 0 saturated carbocycles. The zero-order valence-electron chi connectivity index (χ0n) is 6.53. The van der Waals surface area contributed by atoms with Crippen molar-refractivity contribution in [2.45, 2.75) is 42.5 Å². The van der Waals surface area contributed by atoms with Crippen molar-refractivity contribution in [3.63, 3.8) is 0 Å². The summed E-state index contributed by atoms with van der Waals surface area (Å²) in [5, 5.41) is 0.334. The molecule has 4 heteroatoms. The van der Waals surface area contributed by atoms with Crippen LogP contribution in [0.3, 0.4) is 0 Å². The number of ether oxygens (including phenoxy) is 1. The second-order valence-electron chi connectivity index (χ2n) is 3.06. The number of thiol groups is 1. The molecule has 0 aromatic carbocycles. The van der Waals surface area contributed by atoms with Crippen molar-refractivity contribution in [2.24, 2.45) is 0 Å². The molecule has 0 aromatic heterocycles. The van der Waals surface area contributed by atoms with Gasteiger partial charge in [-0.05, 0) is 12.8 Å². The summed E-state index contributed by atoms with van der Waals surface area (Å²) in [6, 6.07) is -0.284. The van der Waals surface area contributed by atoms with E-state index in [2.05, 4.69) is 12.6 Å². The van der Waals surface area contributed by atoms with Crippen molar-refractivity contribution in [1.82, 2.24) is 0 Å². The quantitative estimate of drug-likeness (QED) is 0.395. The minimum absolute atomic E-state index is 0.0212. The van der Waals surface area contributed by atoms with Gasteiger partial charge < -0.3 is 4.74 Å². The van der Waals surface area contributed by atoms with Gasteiger partial charge in [-0.3, -0.25) is 0 Å². The first-order valence-corrected chi connectivity index (χ1v) is 4.78. The number of rotatable bonds is 2. The fraction of sp³-hybridized carbons (Fsp3) is 1.00. The van der Waals surface area contributed by atoms with Crippen molar-refractivity contribution < 1.29 is 4.74 Å². The van der Waals surface area contributed by atoms with Crippen LogP contribution in [0.25, 0.3) is 0 Å². The molecule has 0 spiro atoms. The Balaban J connectivity index is 2.29. The molecule has 1 aliphatic rings. The van der Waals surface area contributed by atoms with Gasteiger partial charge in [0.1, 0.15) is 7.85 Å². The molecule has 0 bridgehead atoms. The predicted molar refractivity (Wildman–Crippen MR) is 51.7 cm³/mol. The summed E-state index contributed by atoms with van der Waals surface area (Å²) < 4.78 is 5.38. The van der Waals surface area contributed by atoms with Crippen molar-refractivity contribution in [2.75, 3.05) is 0 Å². The Morgan fingerprint density at radius 1 is 1.82 bits per heavy atom. The fourth-order valence-electron chi connectivity index (χ4n) is 1.28. The third-order valence-electron chi connectivity index (χ3n) is 1.80. The number of alkyl halides is 1. The maximum Gasteiger partial charge on any atom is 0.111 e. The normalized spacial score (nSPS) is 40.8. The number of halogens is 1. The highest BCUT2D eigenvalue weighted by Gasteiger charge is 2.30. The summed E-state index contributed by atoms with van der Waals surface area (Å²) in [5.41, 5.74) is 0. The molecular weight excluding hydrogens is 178 g/mol. The average Bonchev–Trinajstić information content (AvgIpc) is 2.10. The lowest BCUT2D eigenvalue weighted by Gasteiger charge is -2.12. The SMILES string of the molecule is [B]C1OC(CC(C)S)CC1Cl. The van der Waals surface area contributed by atoms with Crippen molar-refractivity contribution >= 4 is 32.1 Å². The van der Waals surface area contributed by atoms with Crippen LogP contribution in [0.4, 0.5) is 0 Å². The minimum Gasteiger partial charge on any atom is -0.383 e. The first kappa shape index (κ1) is 9.75. The highest BCUT2D eigenvalue weighted by atomic mass is 35.5. The van der Waals surface area contributed by atoms with Gasteiger partial charge in [-0.2, -0.15) is 12.6 Å². The van der Waals surface area contributed by atoms with Crippen LogP contribution < -0.4 is 0 Å². The third-order valence-corrected chi connectivity index (χ3v) is 2.44. The van der Waals surface area contributed by atoms with Gasteiger partial charge in [0.15, 0.2) is 0 Å². The Hall–Kier alpha value is 0.665. The fourth-order valence-corrected chi connectivity index (χ4v) is 1.77. The van der Waals surface area contributed by atoms with Crippen LogP contribution in [0.15, 0.2) is 0 Å². The Bertz CT molecular complexity index is 121. The van der Waals surface area contributed by atoms with E-state index >= 15 is 0 Å². The van der Waals surface area contributed by atoms with Gasteiger partial charge in [0, 0.05) is 11.3 Å². The first-order chi connectivity index (χ1) is 5.09. The lowest BCUT2D eigenvalue weighted by Crippen LogP contribution is -2.16. The summed E-state index contributed by atoms with van der Waals surface area (Å²) in [5.74, 6) is 0. The molecule has 2 radical (unpaired) electrons. The van der Waals surface area contributed by atoms with Crippen LogP contribution in [0.5, 0.6) is 0 Å². The van der Waals surface area contributed by atoms with Gasteiger partial charge in [0.2, 0.25) is 0 Å². The highest BCUT2D eigenvalue weighted by molar-refractivity contribution is 7.80. The molecular formula is C7H12BClOS. The molecule has 1 saturated heterocycles. The Kier molecular flexibility index (Phi) is 3.60. The lowest BCUT2D eigenvalue weighted by molar-refractivity contribution is 0.0831. The van der Waals surface area contributed by atoms with E-state index in [9.17, 15) is 0 Å². The first-order valence-electron chi connectivity index (χ1n) is 3.82. The van der Waals surface area contributed by atoms with Crippen LogP contribution in [0, 0.1) is 0 Å². The molecule has 1 rings (SSSR count). The Morgan fingerprint density at radius 2 is 2.45 bits per heavy atom. The molecule has 4 atom stereocenters. The van der Waals surface area contributed by atoms with Crippen molar-refractivity contribution in [3.05, 3.63) is 0 Å². The zero-order valence-corrected chi connectivity index (χ0v) is 8.18. The van der Waals surface area contributed by atoms with Crippen molar-refractivity contribution in [1.29, 1.82) is 0 Å². The monoisotopic (exact) mass is 190 g/mol. The standard InChI is InChI=1S/C7H12BClOS/c1-4(11)2-5-3-6(9)7(8)10-5/h4-7,11H,2-3H2,1H3. The largest absolute Gasteiger partial charge is 0.383 e. The summed E-state index contributed by atoms with van der Waals surface area (Å²) in [4.78, 5) is 0. The third kappa shape index (κ3) is 2.88. The van der Waals surface area contributed by atoms with E-state index in [1.54, 1.807) is 0 Å². The molecule has 1 heterocycles. The van der Waals surface area contributed by atoms with Crippen LogP contribution in [-0.2, 0) is 4.74 Å². The molecule has 1 fully saturated rings. The van der Waals surface area contributed by atoms with E-state index in [4.69, 9.17) is 24.2 Å². The van der Waals surface area contributed by atoms with Crippen LogP contribution in [0.2, 0.25) is 0 Å². The topological polar surface area (TPSA) is 9.23 Å². The molecule has 0 amide bonds. The van der Waals surface area contributed by atoms with E-state index in [1.807, 2.05) is 6.92 Å². The molecule has 1 nitrogen and oxygen atoms in total.